The third-order valence-electron chi connectivity index (χ3n) is 6.84. The molecule has 1 aromatic heterocycles. The second-order valence-electron chi connectivity index (χ2n) is 7.98. The number of halogens is 2. The van der Waals surface area contributed by atoms with E-state index in [1.54, 1.807) is 25.3 Å². The first-order chi connectivity index (χ1) is 12.6. The maximum absolute atomic E-state index is 13.3. The van der Waals surface area contributed by atoms with Crippen molar-refractivity contribution in [2.45, 2.75) is 33.6 Å². The van der Waals surface area contributed by atoms with E-state index in [0.717, 1.165) is 9.86 Å². The lowest BCUT2D eigenvalue weighted by Gasteiger charge is -2.36. The van der Waals surface area contributed by atoms with Crippen molar-refractivity contribution in [2.75, 3.05) is 0 Å². The first kappa shape index (κ1) is 18.7. The van der Waals surface area contributed by atoms with Gasteiger partial charge >= 0.3 is 5.97 Å². The molecule has 0 saturated heterocycles. The van der Waals surface area contributed by atoms with Gasteiger partial charge in [-0.05, 0) is 40.9 Å². The minimum atomic E-state index is -1.45. The molecule has 2 fully saturated rings. The van der Waals surface area contributed by atoms with Gasteiger partial charge in [0, 0.05) is 26.9 Å². The van der Waals surface area contributed by atoms with E-state index < -0.39 is 33.8 Å². The maximum Gasteiger partial charge on any atom is 0.326 e. The number of esters is 1. The Morgan fingerprint density at radius 2 is 1.81 bits per heavy atom. The van der Waals surface area contributed by atoms with Gasteiger partial charge in [-0.15, -0.1) is 0 Å². The van der Waals surface area contributed by atoms with Gasteiger partial charge in [-0.2, -0.15) is 0 Å². The molecule has 140 valence electrons. The summed E-state index contributed by atoms with van der Waals surface area (Å²) in [6.45, 7) is 5.41. The van der Waals surface area contributed by atoms with Crippen molar-refractivity contribution in [3.05, 3.63) is 33.3 Å². The molecular weight excluding hydrogens is 478 g/mol. The largest absolute Gasteiger partial charge is 0.422 e. The third-order valence-corrected chi connectivity index (χ3v) is 8.08. The van der Waals surface area contributed by atoms with Crippen LogP contribution >= 0.6 is 31.9 Å². The number of ether oxygens (including phenoxy) is 1. The molecule has 2 atom stereocenters. The Morgan fingerprint density at radius 3 is 2.44 bits per heavy atom. The minimum absolute atomic E-state index is 0.254. The van der Waals surface area contributed by atoms with Gasteiger partial charge in [0.25, 0.3) is 0 Å². The summed E-state index contributed by atoms with van der Waals surface area (Å²) in [6.07, 6.45) is 2.43. The maximum atomic E-state index is 13.3. The number of benzene rings is 1. The van der Waals surface area contributed by atoms with Crippen molar-refractivity contribution >= 4 is 60.3 Å². The molecule has 4 rings (SSSR count). The Balaban J connectivity index is 1.84. The van der Waals surface area contributed by atoms with E-state index >= 15 is 0 Å². The van der Waals surface area contributed by atoms with Crippen molar-refractivity contribution in [1.82, 2.24) is 4.98 Å². The lowest BCUT2D eigenvalue weighted by Crippen LogP contribution is -2.47. The molecule has 5 nitrogen and oxygen atoms in total. The highest BCUT2D eigenvalue weighted by Gasteiger charge is 2.78. The van der Waals surface area contributed by atoms with E-state index in [-0.39, 0.29) is 5.75 Å². The zero-order chi connectivity index (χ0) is 19.8. The molecule has 2 aromatic rings. The van der Waals surface area contributed by atoms with Crippen molar-refractivity contribution < 1.29 is 19.1 Å². The van der Waals surface area contributed by atoms with Crippen LogP contribution in [0.5, 0.6) is 5.75 Å². The fraction of sp³-hybridized carbons (Fsp3) is 0.400. The van der Waals surface area contributed by atoms with Crippen LogP contribution in [0.3, 0.4) is 0 Å². The molecule has 0 spiro atoms. The van der Waals surface area contributed by atoms with Gasteiger partial charge in [0.15, 0.2) is 5.75 Å². The molecule has 0 amide bonds. The quantitative estimate of drug-likeness (QED) is 0.263. The number of nitrogens with zero attached hydrogens (tertiary/aromatic N) is 1. The highest BCUT2D eigenvalue weighted by atomic mass is 79.9. The predicted octanol–water partition coefficient (Wildman–Crippen LogP) is 4.63. The highest BCUT2D eigenvalue weighted by molar-refractivity contribution is 9.11. The number of ketones is 2. The summed E-state index contributed by atoms with van der Waals surface area (Å²) in [6, 6.07) is 5.42. The van der Waals surface area contributed by atoms with Crippen LogP contribution in [0, 0.1) is 16.2 Å². The van der Waals surface area contributed by atoms with Crippen molar-refractivity contribution in [1.29, 1.82) is 0 Å². The van der Waals surface area contributed by atoms with Crippen LogP contribution in [0.25, 0.3) is 10.9 Å². The molecule has 0 aliphatic heterocycles. The van der Waals surface area contributed by atoms with Gasteiger partial charge in [0.2, 0.25) is 11.6 Å². The molecule has 0 radical (unpaired) electrons. The number of Topliss-reactive ketones (excluding diaryl/α,β-unsaturated/α-hetero) is 2. The zero-order valence-corrected chi connectivity index (χ0v) is 18.2. The number of hydrogen-bond acceptors (Lipinski definition) is 5. The summed E-state index contributed by atoms with van der Waals surface area (Å²) in [5, 5.41) is 0.783. The van der Waals surface area contributed by atoms with E-state index in [1.165, 1.54) is 0 Å². The summed E-state index contributed by atoms with van der Waals surface area (Å²) >= 11 is 6.90. The topological polar surface area (TPSA) is 73.3 Å². The normalized spacial score (nSPS) is 28.8. The second kappa shape index (κ2) is 5.70. The van der Waals surface area contributed by atoms with E-state index in [0.29, 0.717) is 22.8 Å². The number of carbonyl (C=O) groups is 3. The van der Waals surface area contributed by atoms with Gasteiger partial charge in [-0.3, -0.25) is 19.4 Å². The van der Waals surface area contributed by atoms with Gasteiger partial charge in [0.05, 0.1) is 4.47 Å². The smallest absolute Gasteiger partial charge is 0.326 e. The van der Waals surface area contributed by atoms with Crippen LogP contribution in [-0.4, -0.2) is 22.5 Å². The van der Waals surface area contributed by atoms with Crippen molar-refractivity contribution in [3.63, 3.8) is 0 Å². The number of pyridine rings is 1. The monoisotopic (exact) mass is 493 g/mol. The first-order valence-corrected chi connectivity index (χ1v) is 10.2. The second-order valence-corrected chi connectivity index (χ2v) is 9.69. The molecule has 2 aliphatic rings. The number of hydrogen-bond donors (Lipinski definition) is 0. The molecule has 0 unspecified atom stereocenters. The minimum Gasteiger partial charge on any atom is -0.422 e. The number of rotatable bonds is 2. The van der Waals surface area contributed by atoms with Crippen LogP contribution in [0.15, 0.2) is 33.3 Å². The average molecular weight is 495 g/mol. The molecule has 27 heavy (non-hydrogen) atoms. The van der Waals surface area contributed by atoms with E-state index in [1.807, 2.05) is 19.9 Å². The van der Waals surface area contributed by atoms with Gasteiger partial charge < -0.3 is 4.74 Å². The van der Waals surface area contributed by atoms with Crippen molar-refractivity contribution in [3.8, 4) is 5.75 Å². The Kier molecular flexibility index (Phi) is 3.96. The Morgan fingerprint density at radius 1 is 1.11 bits per heavy atom. The molecule has 0 N–H and O–H groups in total. The van der Waals surface area contributed by atoms with Crippen molar-refractivity contribution in [2.24, 2.45) is 16.2 Å². The third kappa shape index (κ3) is 2.10. The number of aromatic nitrogens is 1. The highest BCUT2D eigenvalue weighted by Crippen LogP contribution is 2.69. The summed E-state index contributed by atoms with van der Waals surface area (Å²) < 4.78 is 7.12. The summed E-state index contributed by atoms with van der Waals surface area (Å²) in [4.78, 5) is 43.1. The fourth-order valence-corrected chi connectivity index (χ4v) is 6.00. The van der Waals surface area contributed by atoms with E-state index in [4.69, 9.17) is 4.74 Å². The van der Waals surface area contributed by atoms with Crippen LogP contribution in [0.2, 0.25) is 0 Å². The summed E-state index contributed by atoms with van der Waals surface area (Å²) in [5.74, 6) is -1.52. The van der Waals surface area contributed by atoms with Crippen LogP contribution in [-0.2, 0) is 14.4 Å². The Hall–Kier alpha value is -1.60. The van der Waals surface area contributed by atoms with Gasteiger partial charge in [0.1, 0.15) is 10.9 Å². The predicted molar refractivity (Wildman–Crippen MR) is 106 cm³/mol. The van der Waals surface area contributed by atoms with Crippen LogP contribution in [0.4, 0.5) is 0 Å². The molecule has 1 aromatic carbocycles. The zero-order valence-electron chi connectivity index (χ0n) is 15.1. The first-order valence-electron chi connectivity index (χ1n) is 8.62. The summed E-state index contributed by atoms with van der Waals surface area (Å²) in [5.41, 5.74) is -2.60. The molecule has 2 aliphatic carbocycles. The molecule has 2 bridgehead atoms. The van der Waals surface area contributed by atoms with E-state index in [9.17, 15) is 14.4 Å². The summed E-state index contributed by atoms with van der Waals surface area (Å²) in [7, 11) is 0. The molecule has 1 heterocycles. The van der Waals surface area contributed by atoms with Gasteiger partial charge in [-0.1, -0.05) is 42.8 Å². The van der Waals surface area contributed by atoms with Crippen LogP contribution in [0.1, 0.15) is 33.6 Å². The fourth-order valence-electron chi connectivity index (χ4n) is 4.65. The average Bonchev–Trinajstić information content (AvgIpc) is 2.90. The van der Waals surface area contributed by atoms with Crippen LogP contribution < -0.4 is 4.74 Å². The standard InChI is InChI=1S/C20H17Br2NO4/c1-18(2)19(3)6-7-20(18,16(25)15(19)24)17(26)27-14-12(22)9-11(21)10-5-4-8-23-13(10)14/h4-5,8-9H,6-7H2,1-3H3/t19-,20-/m0/s1. The Labute approximate surface area is 173 Å². The SMILES string of the molecule is CC1(C)[C@@]2(C(=O)Oc3c(Br)cc(Br)c4cccnc34)CC[C@@]1(C)C(=O)C2=O. The van der Waals surface area contributed by atoms with Gasteiger partial charge in [-0.25, -0.2) is 0 Å². The molecule has 2 saturated carbocycles. The number of fused-ring (bicyclic) bond motifs is 3. The lowest BCUT2D eigenvalue weighted by atomic mass is 9.65. The Bertz CT molecular complexity index is 1050. The molecular formula is C20H17Br2NO4. The lowest BCUT2D eigenvalue weighted by molar-refractivity contribution is -0.157. The molecule has 7 heteroatoms. The number of carbonyl (C=O) groups excluding carboxylic acids is 3. The van der Waals surface area contributed by atoms with E-state index in [2.05, 4.69) is 36.8 Å².